The van der Waals surface area contributed by atoms with Gasteiger partial charge in [-0.1, -0.05) is 0 Å². The van der Waals surface area contributed by atoms with Crippen molar-refractivity contribution in [2.24, 2.45) is 0 Å². The molecule has 0 aliphatic heterocycles. The molecule has 0 unspecified atom stereocenters. The fraction of sp³-hybridized carbons (Fsp3) is 1.00. The fourth-order valence-electron chi connectivity index (χ4n) is 12.2. The first-order valence-corrected chi connectivity index (χ1v) is 21.5. The van der Waals surface area contributed by atoms with Gasteiger partial charge in [0.15, 0.2) is 0 Å². The van der Waals surface area contributed by atoms with Crippen molar-refractivity contribution in [2.45, 2.75) is 193 Å². The number of alkyl halides is 1. The van der Waals surface area contributed by atoms with Crippen molar-refractivity contribution in [1.82, 2.24) is 0 Å². The van der Waals surface area contributed by atoms with Crippen LogP contribution < -0.4 is 0 Å². The Morgan fingerprint density at radius 2 is 0.471 bits per heavy atom. The van der Waals surface area contributed by atoms with E-state index < -0.39 is 14.5 Å². The Kier molecular flexibility index (Phi) is 8.30. The van der Waals surface area contributed by atoms with Gasteiger partial charge in [0, 0.05) is 0 Å². The van der Waals surface area contributed by atoms with Gasteiger partial charge in [0.1, 0.15) is 0 Å². The van der Waals surface area contributed by atoms with E-state index in [0.717, 1.165) is 38.8 Å². The van der Waals surface area contributed by atoms with Gasteiger partial charge in [0.2, 0.25) is 0 Å². The molecule has 6 fully saturated rings. The Labute approximate surface area is 218 Å². The first-order valence-electron chi connectivity index (χ1n) is 16.4. The Balaban J connectivity index is 1.52. The van der Waals surface area contributed by atoms with E-state index in [2.05, 4.69) is 0 Å². The molecular formula is C31H57ClP2. The Morgan fingerprint density at radius 3 is 0.618 bits per heavy atom. The van der Waals surface area contributed by atoms with E-state index in [0.29, 0.717) is 0 Å². The van der Waals surface area contributed by atoms with Crippen molar-refractivity contribution < 1.29 is 0 Å². The molecular weight excluding hydrogens is 470 g/mol. The van der Waals surface area contributed by atoms with Gasteiger partial charge in [-0.25, -0.2) is 0 Å². The average molecular weight is 527 g/mol. The standard InChI is InChI=1S/C31H57ClP2/c32-31(33(25-13-1-2-14-25,26-15-3-4-16-26)27-17-5-6-18-27)34(28-19-7-8-20-28,29-21-9-10-22-29)30-23-11-12-24-30/h25-31,33-34H,1-24H2. The normalized spacial score (nSPS) is 31.9. The van der Waals surface area contributed by atoms with E-state index >= 15 is 0 Å². The van der Waals surface area contributed by atoms with Crippen LogP contribution in [0.3, 0.4) is 0 Å². The molecule has 0 nitrogen and oxygen atoms in total. The molecule has 0 heterocycles. The molecule has 0 aromatic heterocycles. The van der Waals surface area contributed by atoms with Crippen LogP contribution in [0.2, 0.25) is 0 Å². The van der Waals surface area contributed by atoms with Crippen LogP contribution in [0.4, 0.5) is 0 Å². The van der Waals surface area contributed by atoms with Crippen LogP contribution in [0.1, 0.15) is 154 Å². The predicted molar refractivity (Wildman–Crippen MR) is 160 cm³/mol. The molecule has 6 rings (SSSR count). The van der Waals surface area contributed by atoms with Crippen LogP contribution in [-0.2, 0) is 0 Å². The van der Waals surface area contributed by atoms with Gasteiger partial charge in [-0.3, -0.25) is 0 Å². The van der Waals surface area contributed by atoms with E-state index in [-0.39, 0.29) is 0 Å². The summed E-state index contributed by atoms with van der Waals surface area (Å²) in [6.45, 7) is 0. The third kappa shape index (κ3) is 4.12. The Morgan fingerprint density at radius 1 is 0.324 bits per heavy atom. The molecule has 198 valence electrons. The summed E-state index contributed by atoms with van der Waals surface area (Å²) in [6, 6.07) is 0. The van der Waals surface area contributed by atoms with Crippen molar-refractivity contribution in [2.75, 3.05) is 0 Å². The number of hydrogen-bond acceptors (Lipinski definition) is 0. The minimum atomic E-state index is -1.61. The van der Waals surface area contributed by atoms with Gasteiger partial charge in [-0.05, 0) is 0 Å². The molecule has 0 spiro atoms. The van der Waals surface area contributed by atoms with Crippen LogP contribution in [0.15, 0.2) is 0 Å². The van der Waals surface area contributed by atoms with E-state index in [1.54, 1.807) is 154 Å². The summed E-state index contributed by atoms with van der Waals surface area (Å²) in [7, 11) is -3.22. The molecule has 0 radical (unpaired) electrons. The number of rotatable bonds is 8. The Bertz CT molecular complexity index is 505. The van der Waals surface area contributed by atoms with E-state index in [1.165, 1.54) is 0 Å². The summed E-state index contributed by atoms with van der Waals surface area (Å²) in [6.07, 6.45) is 37.8. The fourth-order valence-corrected chi connectivity index (χ4v) is 38.1. The average Bonchev–Trinajstić information content (AvgIpc) is 3.71. The zero-order chi connectivity index (χ0) is 23.0. The van der Waals surface area contributed by atoms with Gasteiger partial charge in [-0.2, -0.15) is 0 Å². The molecule has 6 aliphatic carbocycles. The topological polar surface area (TPSA) is 0 Å². The van der Waals surface area contributed by atoms with E-state index in [4.69, 9.17) is 11.6 Å². The molecule has 6 saturated carbocycles. The summed E-state index contributed by atoms with van der Waals surface area (Å²) in [4.78, 5) is 0.753. The van der Waals surface area contributed by atoms with E-state index in [9.17, 15) is 0 Å². The third-order valence-electron chi connectivity index (χ3n) is 13.3. The predicted octanol–water partition coefficient (Wildman–Crippen LogP) is 10.7. The summed E-state index contributed by atoms with van der Waals surface area (Å²) >= 11 is 8.73. The molecule has 0 amide bonds. The molecule has 0 aromatic rings. The molecule has 0 aromatic carbocycles. The van der Waals surface area contributed by atoms with Crippen LogP contribution in [0.5, 0.6) is 0 Å². The van der Waals surface area contributed by atoms with Gasteiger partial charge >= 0.3 is 219 Å². The summed E-state index contributed by atoms with van der Waals surface area (Å²) < 4.78 is 0. The molecule has 0 N–H and O–H groups in total. The van der Waals surface area contributed by atoms with Gasteiger partial charge in [-0.15, -0.1) is 0 Å². The van der Waals surface area contributed by atoms with Gasteiger partial charge in [0.05, 0.1) is 0 Å². The van der Waals surface area contributed by atoms with Crippen LogP contribution in [-0.4, -0.2) is 38.8 Å². The second-order valence-corrected chi connectivity index (χ2v) is 26.1. The van der Waals surface area contributed by atoms with Crippen molar-refractivity contribution >= 4 is 26.1 Å². The zero-order valence-electron chi connectivity index (χ0n) is 22.4. The molecule has 0 bridgehead atoms. The second-order valence-electron chi connectivity index (χ2n) is 14.3. The molecule has 6 aliphatic rings. The maximum atomic E-state index is 8.73. The van der Waals surface area contributed by atoms with Crippen LogP contribution in [0.25, 0.3) is 0 Å². The second kappa shape index (κ2) is 11.1. The van der Waals surface area contributed by atoms with Crippen LogP contribution >= 0.6 is 26.1 Å². The quantitative estimate of drug-likeness (QED) is 0.218. The number of halogens is 1. The van der Waals surface area contributed by atoms with Crippen molar-refractivity contribution in [3.63, 3.8) is 0 Å². The zero-order valence-corrected chi connectivity index (χ0v) is 25.1. The summed E-state index contributed by atoms with van der Waals surface area (Å²) in [5.41, 5.74) is 6.73. The van der Waals surface area contributed by atoms with E-state index in [1.807, 2.05) is 0 Å². The summed E-state index contributed by atoms with van der Waals surface area (Å²) in [5.74, 6) is 0. The minimum absolute atomic E-state index is 0.753. The van der Waals surface area contributed by atoms with Crippen molar-refractivity contribution in [1.29, 1.82) is 0 Å². The first-order chi connectivity index (χ1) is 16.8. The molecule has 3 heteroatoms. The van der Waals surface area contributed by atoms with Gasteiger partial charge in [0.25, 0.3) is 0 Å². The van der Waals surface area contributed by atoms with Crippen molar-refractivity contribution in [3.8, 4) is 0 Å². The molecule has 0 atom stereocenters. The van der Waals surface area contributed by atoms with Crippen LogP contribution in [0, 0.1) is 0 Å². The molecule has 0 saturated heterocycles. The third-order valence-corrected chi connectivity index (χ3v) is 32.2. The Hall–Kier alpha value is 1.15. The van der Waals surface area contributed by atoms with Gasteiger partial charge < -0.3 is 0 Å². The molecule has 34 heavy (non-hydrogen) atoms. The monoisotopic (exact) mass is 526 g/mol. The maximum absolute atomic E-state index is 8.73. The number of hydrogen-bond donors (Lipinski definition) is 0. The SMILES string of the molecule is ClC([PH](C1CCCC1)(C1CCCC1)C1CCCC1)[PH](C1CCCC1)(C1CCCC1)C1CCCC1. The first kappa shape index (κ1) is 25.4. The summed E-state index contributed by atoms with van der Waals surface area (Å²) in [5, 5.41) is 0. The van der Waals surface area contributed by atoms with Crippen molar-refractivity contribution in [3.05, 3.63) is 0 Å².